The monoisotopic (exact) mass is 660 g/mol. The predicted octanol–water partition coefficient (Wildman–Crippen LogP) is 2.75. The average Bonchev–Trinajstić information content (AvgIpc) is 3.61. The van der Waals surface area contributed by atoms with Crippen LogP contribution in [0.2, 0.25) is 0 Å². The van der Waals surface area contributed by atoms with E-state index in [0.29, 0.717) is 45.1 Å². The number of fused-ring (bicyclic) bond motifs is 2. The molecule has 4 fully saturated rings. The van der Waals surface area contributed by atoms with Crippen LogP contribution in [0.4, 0.5) is 9.59 Å². The van der Waals surface area contributed by atoms with Crippen molar-refractivity contribution in [2.24, 2.45) is 23.2 Å². The number of rotatable bonds is 13. The van der Waals surface area contributed by atoms with Crippen molar-refractivity contribution in [1.29, 1.82) is 0 Å². The summed E-state index contributed by atoms with van der Waals surface area (Å²) in [4.78, 5) is 39.7. The van der Waals surface area contributed by atoms with Crippen LogP contribution in [0.25, 0.3) is 0 Å². The van der Waals surface area contributed by atoms with E-state index in [4.69, 9.17) is 23.7 Å². The van der Waals surface area contributed by atoms with Gasteiger partial charge < -0.3 is 39.4 Å². The number of benzene rings is 1. The van der Waals surface area contributed by atoms with E-state index < -0.39 is 47.8 Å². The maximum Gasteiger partial charge on any atom is 0.408 e. The number of nitrogens with zero attached hydrogens (tertiary/aromatic N) is 1. The summed E-state index contributed by atoms with van der Waals surface area (Å²) in [5.74, 6) is 0.101. The van der Waals surface area contributed by atoms with E-state index in [-0.39, 0.29) is 36.9 Å². The van der Waals surface area contributed by atoms with E-state index in [2.05, 4.69) is 16.1 Å². The van der Waals surface area contributed by atoms with E-state index >= 15 is 0 Å². The first-order chi connectivity index (χ1) is 22.4. The highest BCUT2D eigenvalue weighted by atomic mass is 16.7. The molecule has 0 spiro atoms. The fourth-order valence-corrected chi connectivity index (χ4v) is 6.95. The van der Waals surface area contributed by atoms with Gasteiger partial charge in [-0.25, -0.2) is 14.6 Å². The Bertz CT molecular complexity index is 1200. The second-order valence-corrected chi connectivity index (χ2v) is 14.9. The molecule has 1 aromatic carbocycles. The zero-order valence-electron chi connectivity index (χ0n) is 28.2. The smallest absolute Gasteiger partial charge is 0.408 e. The van der Waals surface area contributed by atoms with E-state index in [1.165, 1.54) is 0 Å². The number of carbonyl (C=O) groups excluding carboxylic acids is 3. The summed E-state index contributed by atoms with van der Waals surface area (Å²) in [6, 6.07) is 7.91. The summed E-state index contributed by atoms with van der Waals surface area (Å²) in [6.07, 6.45) is -0.942. The molecule has 1 saturated carbocycles. The fraction of sp³-hybridized carbons (Fsp3) is 0.735. The molecule has 13 heteroatoms. The molecule has 9 atom stereocenters. The van der Waals surface area contributed by atoms with Gasteiger partial charge in [0.25, 0.3) is 5.91 Å². The Morgan fingerprint density at radius 2 is 1.74 bits per heavy atom. The van der Waals surface area contributed by atoms with E-state index in [9.17, 15) is 19.5 Å². The van der Waals surface area contributed by atoms with Crippen molar-refractivity contribution < 1.29 is 43.2 Å². The van der Waals surface area contributed by atoms with Crippen molar-refractivity contribution in [2.45, 2.75) is 103 Å². The number of aliphatic hydroxyl groups excluding tert-OH is 1. The Labute approximate surface area is 277 Å². The fourth-order valence-electron chi connectivity index (χ4n) is 6.95. The number of hydrazine groups is 1. The lowest BCUT2D eigenvalue weighted by Gasteiger charge is -2.37. The minimum atomic E-state index is -1.09. The number of amides is 3. The first kappa shape index (κ1) is 35.3. The molecule has 4 aliphatic rings. The Morgan fingerprint density at radius 3 is 2.43 bits per heavy atom. The molecule has 262 valence electrons. The van der Waals surface area contributed by atoms with Crippen LogP contribution in [0.1, 0.15) is 59.4 Å². The van der Waals surface area contributed by atoms with Crippen LogP contribution in [-0.4, -0.2) is 104 Å². The molecule has 3 bridgehead atoms. The van der Waals surface area contributed by atoms with Gasteiger partial charge in [-0.2, -0.15) is 0 Å². The van der Waals surface area contributed by atoms with Gasteiger partial charge in [-0.05, 0) is 36.2 Å². The van der Waals surface area contributed by atoms with Crippen LogP contribution in [0.15, 0.2) is 30.3 Å². The zero-order valence-corrected chi connectivity index (χ0v) is 28.2. The van der Waals surface area contributed by atoms with Gasteiger partial charge in [0, 0.05) is 31.3 Å². The van der Waals surface area contributed by atoms with Gasteiger partial charge in [-0.3, -0.25) is 10.2 Å². The van der Waals surface area contributed by atoms with Crippen LogP contribution in [0.5, 0.6) is 0 Å². The number of ether oxygens (including phenoxy) is 5. The SMILES string of the molecule is CC(C)CN(CC(O)C(Cc1ccccc1)NC(=O)OC1C2COC3OC1CC3C2)NC(=O)C(NC(=O)OC1CCOC1)C(C)(C)C. The molecule has 3 amide bonds. The largest absolute Gasteiger partial charge is 0.444 e. The first-order valence-corrected chi connectivity index (χ1v) is 16.9. The van der Waals surface area contributed by atoms with Crippen LogP contribution in [0, 0.1) is 23.2 Å². The lowest BCUT2D eigenvalue weighted by atomic mass is 9.78. The number of alkyl carbamates (subject to hydrolysis) is 2. The summed E-state index contributed by atoms with van der Waals surface area (Å²) >= 11 is 0. The first-order valence-electron chi connectivity index (χ1n) is 16.9. The molecule has 0 aromatic heterocycles. The van der Waals surface area contributed by atoms with Crippen molar-refractivity contribution in [3.8, 4) is 0 Å². The van der Waals surface area contributed by atoms with E-state index in [1.54, 1.807) is 5.01 Å². The second kappa shape index (κ2) is 15.5. The van der Waals surface area contributed by atoms with E-state index in [0.717, 1.165) is 18.4 Å². The molecular weight excluding hydrogens is 608 g/mol. The van der Waals surface area contributed by atoms with Crippen molar-refractivity contribution in [2.75, 3.05) is 32.9 Å². The lowest BCUT2D eigenvalue weighted by molar-refractivity contribution is -0.153. The third-order valence-electron chi connectivity index (χ3n) is 9.26. The summed E-state index contributed by atoms with van der Waals surface area (Å²) in [5.41, 5.74) is 3.20. The topological polar surface area (TPSA) is 157 Å². The van der Waals surface area contributed by atoms with Crippen molar-refractivity contribution in [3.63, 3.8) is 0 Å². The minimum Gasteiger partial charge on any atom is -0.444 e. The lowest BCUT2D eigenvalue weighted by Crippen LogP contribution is -2.60. The number of nitrogens with one attached hydrogen (secondary N) is 3. The summed E-state index contributed by atoms with van der Waals surface area (Å²) in [7, 11) is 0. The second-order valence-electron chi connectivity index (χ2n) is 14.9. The Balaban J connectivity index is 1.25. The van der Waals surface area contributed by atoms with Gasteiger partial charge in [0.15, 0.2) is 6.29 Å². The highest BCUT2D eigenvalue weighted by Gasteiger charge is 2.53. The zero-order chi connectivity index (χ0) is 33.7. The van der Waals surface area contributed by atoms with Crippen LogP contribution in [-0.2, 0) is 34.9 Å². The molecular formula is C34H52N4O9. The summed E-state index contributed by atoms with van der Waals surface area (Å²) < 4.78 is 28.5. The average molecular weight is 661 g/mol. The molecule has 5 rings (SSSR count). The van der Waals surface area contributed by atoms with Crippen LogP contribution in [0.3, 0.4) is 0 Å². The van der Waals surface area contributed by atoms with Crippen molar-refractivity contribution >= 4 is 18.1 Å². The van der Waals surface area contributed by atoms with Crippen LogP contribution >= 0.6 is 0 Å². The molecule has 4 N–H and O–H groups in total. The van der Waals surface area contributed by atoms with E-state index in [1.807, 2.05) is 65.0 Å². The molecule has 13 nitrogen and oxygen atoms in total. The maximum atomic E-state index is 13.7. The number of hydrogen-bond acceptors (Lipinski definition) is 10. The molecule has 9 unspecified atom stereocenters. The number of hydrogen-bond donors (Lipinski definition) is 4. The summed E-state index contributed by atoms with van der Waals surface area (Å²) in [6.45, 7) is 11.3. The van der Waals surface area contributed by atoms with Gasteiger partial charge in [0.05, 0.1) is 38.1 Å². The predicted molar refractivity (Wildman–Crippen MR) is 171 cm³/mol. The molecule has 3 aliphatic heterocycles. The molecule has 3 saturated heterocycles. The number of aliphatic hydroxyl groups is 1. The third kappa shape index (κ3) is 9.56. The molecule has 1 aliphatic carbocycles. The van der Waals surface area contributed by atoms with Crippen molar-refractivity contribution in [1.82, 2.24) is 21.1 Å². The molecule has 47 heavy (non-hydrogen) atoms. The normalized spacial score (nSPS) is 28.5. The van der Waals surface area contributed by atoms with Gasteiger partial charge in [0.2, 0.25) is 0 Å². The van der Waals surface area contributed by atoms with Gasteiger partial charge in [0.1, 0.15) is 18.2 Å². The Kier molecular flexibility index (Phi) is 11.7. The highest BCUT2D eigenvalue weighted by molar-refractivity contribution is 5.86. The molecule has 0 radical (unpaired) electrons. The van der Waals surface area contributed by atoms with Crippen molar-refractivity contribution in [3.05, 3.63) is 35.9 Å². The molecule has 3 heterocycles. The molecule has 1 aromatic rings. The summed E-state index contributed by atoms with van der Waals surface area (Å²) in [5, 5.41) is 18.9. The van der Waals surface area contributed by atoms with Crippen LogP contribution < -0.4 is 16.1 Å². The highest BCUT2D eigenvalue weighted by Crippen LogP contribution is 2.46. The van der Waals surface area contributed by atoms with Gasteiger partial charge >= 0.3 is 12.2 Å². The maximum absolute atomic E-state index is 13.7. The third-order valence-corrected chi connectivity index (χ3v) is 9.26. The standard InChI is InChI=1S/C34H52N4O9/c1-20(2)16-38(37-30(40)29(34(3,4)5)36-33(42)45-24-11-12-43-19-24)17-26(39)25(13-21-9-7-6-8-10-21)35-32(41)47-28-23-14-22-15-27(28)46-31(22)44-18-23/h6-10,20,22-29,31,39H,11-19H2,1-5H3,(H,35,41)(H,36,42)(H,37,40). The number of carbonyl (C=O) groups is 3. The Hall–Kier alpha value is -2.97. The Morgan fingerprint density at radius 1 is 1.00 bits per heavy atom. The van der Waals surface area contributed by atoms with Gasteiger partial charge in [-0.15, -0.1) is 0 Å². The van der Waals surface area contributed by atoms with Gasteiger partial charge in [-0.1, -0.05) is 65.0 Å². The minimum absolute atomic E-state index is 0.0113. The quantitative estimate of drug-likeness (QED) is 0.232.